The summed E-state index contributed by atoms with van der Waals surface area (Å²) in [6.45, 7) is 2.25. The highest BCUT2D eigenvalue weighted by molar-refractivity contribution is 5.97. The number of Topliss-reactive ketones (excluding diaryl/α,β-unsaturated/α-hetero) is 1. The van der Waals surface area contributed by atoms with E-state index in [1.54, 1.807) is 24.3 Å². The van der Waals surface area contributed by atoms with Crippen molar-refractivity contribution >= 4 is 17.4 Å². The van der Waals surface area contributed by atoms with Crippen LogP contribution in [0.1, 0.15) is 41.8 Å². The van der Waals surface area contributed by atoms with Gasteiger partial charge in [-0.1, -0.05) is 18.2 Å². The van der Waals surface area contributed by atoms with Gasteiger partial charge in [0.1, 0.15) is 0 Å². The number of rotatable bonds is 8. The minimum atomic E-state index is -0.442. The Balaban J connectivity index is 1.52. The zero-order chi connectivity index (χ0) is 22.5. The molecular formula is C26H30N4O2. The second kappa shape index (κ2) is 9.90. The predicted octanol–water partition coefficient (Wildman–Crippen LogP) is 3.95. The quantitative estimate of drug-likeness (QED) is 0.543. The van der Waals surface area contributed by atoms with Crippen LogP contribution in [-0.2, 0) is 35.4 Å². The zero-order valence-corrected chi connectivity index (χ0v) is 18.8. The van der Waals surface area contributed by atoms with Crippen LogP contribution in [-0.4, -0.2) is 33.5 Å². The van der Waals surface area contributed by atoms with E-state index in [1.165, 1.54) is 17.7 Å². The van der Waals surface area contributed by atoms with E-state index in [0.717, 1.165) is 36.2 Å². The van der Waals surface area contributed by atoms with E-state index in [-0.39, 0.29) is 24.7 Å². The van der Waals surface area contributed by atoms with Crippen molar-refractivity contribution in [3.8, 4) is 0 Å². The number of aromatic nitrogens is 3. The van der Waals surface area contributed by atoms with E-state index in [2.05, 4.69) is 10.1 Å². The van der Waals surface area contributed by atoms with Gasteiger partial charge < -0.3 is 4.90 Å². The third kappa shape index (κ3) is 4.96. The van der Waals surface area contributed by atoms with Gasteiger partial charge in [0.05, 0.1) is 12.2 Å². The smallest absolute Gasteiger partial charge is 0.230 e. The molecular weight excluding hydrogens is 400 g/mol. The molecule has 0 bridgehead atoms. The summed E-state index contributed by atoms with van der Waals surface area (Å²) in [6.07, 6.45) is 8.46. The van der Waals surface area contributed by atoms with Crippen LogP contribution in [0.25, 0.3) is 0 Å². The second-order valence-electron chi connectivity index (χ2n) is 8.61. The standard InChI is InChI=1S/C26H30N4O2/c1-19-24-10-6-7-11-25(24)30(28-19)18-23(31)17-21(16-20-12-14-27-15-13-20)26(32)29(2)22-8-4-3-5-9-22/h3-5,8-9,12-15,21H,6-7,10-11,16-18H2,1-2H3/t21-/m1/s1. The molecule has 166 valence electrons. The van der Waals surface area contributed by atoms with Crippen LogP contribution in [0.5, 0.6) is 0 Å². The third-order valence-corrected chi connectivity index (χ3v) is 6.31. The number of amides is 1. The minimum absolute atomic E-state index is 0.0368. The number of carbonyl (C=O) groups is 2. The first-order valence-corrected chi connectivity index (χ1v) is 11.3. The molecule has 3 aromatic rings. The molecule has 6 heteroatoms. The highest BCUT2D eigenvalue weighted by atomic mass is 16.2. The number of hydrogen-bond acceptors (Lipinski definition) is 4. The molecule has 1 aromatic carbocycles. The maximum atomic E-state index is 13.4. The fourth-order valence-corrected chi connectivity index (χ4v) is 4.61. The summed E-state index contributed by atoms with van der Waals surface area (Å²) >= 11 is 0. The number of nitrogens with zero attached hydrogens (tertiary/aromatic N) is 4. The van der Waals surface area contributed by atoms with Crippen LogP contribution in [0, 0.1) is 12.8 Å². The summed E-state index contributed by atoms with van der Waals surface area (Å²) in [5, 5.41) is 4.64. The normalized spacial score (nSPS) is 13.9. The number of carbonyl (C=O) groups excluding carboxylic acids is 2. The van der Waals surface area contributed by atoms with E-state index in [4.69, 9.17) is 0 Å². The summed E-state index contributed by atoms with van der Waals surface area (Å²) in [7, 11) is 1.77. The number of anilines is 1. The van der Waals surface area contributed by atoms with Gasteiger partial charge in [-0.05, 0) is 74.4 Å². The highest BCUT2D eigenvalue weighted by Gasteiger charge is 2.27. The summed E-state index contributed by atoms with van der Waals surface area (Å²) in [5.41, 5.74) is 5.35. The van der Waals surface area contributed by atoms with E-state index in [0.29, 0.717) is 6.42 Å². The number of hydrogen-bond donors (Lipinski definition) is 0. The van der Waals surface area contributed by atoms with Crippen molar-refractivity contribution in [2.24, 2.45) is 5.92 Å². The summed E-state index contributed by atoms with van der Waals surface area (Å²) in [4.78, 5) is 32.3. The molecule has 0 radical (unpaired) electrons. The van der Waals surface area contributed by atoms with Crippen LogP contribution in [0.3, 0.4) is 0 Å². The van der Waals surface area contributed by atoms with Gasteiger partial charge in [-0.3, -0.25) is 19.3 Å². The average molecular weight is 431 g/mol. The van der Waals surface area contributed by atoms with Crippen LogP contribution in [0.4, 0.5) is 5.69 Å². The number of pyridine rings is 1. The van der Waals surface area contributed by atoms with Gasteiger partial charge in [0, 0.05) is 43.2 Å². The molecule has 0 saturated carbocycles. The molecule has 0 spiro atoms. The molecule has 1 atom stereocenters. The lowest BCUT2D eigenvalue weighted by molar-refractivity contribution is -0.127. The number of ketones is 1. The maximum Gasteiger partial charge on any atom is 0.230 e. The lowest BCUT2D eigenvalue weighted by Gasteiger charge is -2.24. The van der Waals surface area contributed by atoms with Crippen molar-refractivity contribution in [2.75, 3.05) is 11.9 Å². The number of fused-ring (bicyclic) bond motifs is 1. The first-order valence-electron chi connectivity index (χ1n) is 11.3. The Hall–Kier alpha value is -3.28. The van der Waals surface area contributed by atoms with E-state index in [1.807, 2.05) is 54.1 Å². The summed E-state index contributed by atoms with van der Waals surface area (Å²) in [6, 6.07) is 13.4. The lowest BCUT2D eigenvalue weighted by Crippen LogP contribution is -2.35. The maximum absolute atomic E-state index is 13.4. The van der Waals surface area contributed by atoms with Gasteiger partial charge in [-0.25, -0.2) is 0 Å². The Kier molecular flexibility index (Phi) is 6.78. The summed E-state index contributed by atoms with van der Waals surface area (Å²) < 4.78 is 1.88. The van der Waals surface area contributed by atoms with Gasteiger partial charge in [0.15, 0.2) is 5.78 Å². The van der Waals surface area contributed by atoms with Gasteiger partial charge in [-0.15, -0.1) is 0 Å². The molecule has 32 heavy (non-hydrogen) atoms. The number of aryl methyl sites for hydroxylation is 1. The predicted molar refractivity (Wildman–Crippen MR) is 125 cm³/mol. The van der Waals surface area contributed by atoms with E-state index < -0.39 is 5.92 Å². The Morgan fingerprint density at radius 1 is 1.06 bits per heavy atom. The Bertz CT molecular complexity index is 1080. The molecule has 0 aliphatic heterocycles. The van der Waals surface area contributed by atoms with Crippen LogP contribution in [0.15, 0.2) is 54.9 Å². The Labute approximate surface area is 189 Å². The molecule has 0 unspecified atom stereocenters. The average Bonchev–Trinajstić information content (AvgIpc) is 3.14. The van der Waals surface area contributed by atoms with Crippen LogP contribution in [0.2, 0.25) is 0 Å². The molecule has 6 nitrogen and oxygen atoms in total. The van der Waals surface area contributed by atoms with Crippen molar-refractivity contribution in [1.82, 2.24) is 14.8 Å². The number of benzene rings is 1. The first-order chi connectivity index (χ1) is 15.5. The molecule has 1 aliphatic rings. The molecule has 1 aliphatic carbocycles. The largest absolute Gasteiger partial charge is 0.315 e. The molecule has 2 aromatic heterocycles. The molecule has 1 amide bonds. The molecule has 0 N–H and O–H groups in total. The first kappa shape index (κ1) is 21.9. The van der Waals surface area contributed by atoms with E-state index in [9.17, 15) is 9.59 Å². The van der Waals surface area contributed by atoms with Crippen molar-refractivity contribution in [2.45, 2.75) is 52.0 Å². The molecule has 2 heterocycles. The van der Waals surface area contributed by atoms with Gasteiger partial charge >= 0.3 is 0 Å². The Morgan fingerprint density at radius 2 is 1.78 bits per heavy atom. The van der Waals surface area contributed by atoms with Crippen molar-refractivity contribution < 1.29 is 9.59 Å². The van der Waals surface area contributed by atoms with Gasteiger partial charge in [0.2, 0.25) is 5.91 Å². The fraction of sp³-hybridized carbons (Fsp3) is 0.385. The fourth-order valence-electron chi connectivity index (χ4n) is 4.61. The molecule has 0 saturated heterocycles. The van der Waals surface area contributed by atoms with Crippen LogP contribution < -0.4 is 4.90 Å². The lowest BCUT2D eigenvalue weighted by atomic mass is 9.92. The zero-order valence-electron chi connectivity index (χ0n) is 18.8. The van der Waals surface area contributed by atoms with Crippen molar-refractivity contribution in [3.63, 3.8) is 0 Å². The monoisotopic (exact) mass is 430 g/mol. The third-order valence-electron chi connectivity index (χ3n) is 6.31. The molecule has 4 rings (SSSR count). The highest BCUT2D eigenvalue weighted by Crippen LogP contribution is 2.25. The SMILES string of the molecule is Cc1nn(CC(=O)C[C@@H](Cc2ccncc2)C(=O)N(C)c2ccccc2)c2c1CCCC2. The van der Waals surface area contributed by atoms with Crippen LogP contribution >= 0.6 is 0 Å². The number of para-hydroxylation sites is 1. The van der Waals surface area contributed by atoms with Gasteiger partial charge in [-0.2, -0.15) is 5.10 Å². The summed E-state index contributed by atoms with van der Waals surface area (Å²) in [5.74, 6) is -0.461. The van der Waals surface area contributed by atoms with Gasteiger partial charge in [0.25, 0.3) is 0 Å². The Morgan fingerprint density at radius 3 is 2.53 bits per heavy atom. The topological polar surface area (TPSA) is 68.1 Å². The minimum Gasteiger partial charge on any atom is -0.315 e. The second-order valence-corrected chi connectivity index (χ2v) is 8.61. The van der Waals surface area contributed by atoms with Crippen molar-refractivity contribution in [3.05, 3.63) is 77.4 Å². The molecule has 0 fully saturated rings. The van der Waals surface area contributed by atoms with E-state index >= 15 is 0 Å². The van der Waals surface area contributed by atoms with Crippen molar-refractivity contribution in [1.29, 1.82) is 0 Å².